The number of ether oxygens (including phenoxy) is 1. The number of aromatic nitrogens is 1. The van der Waals surface area contributed by atoms with E-state index in [1.165, 1.54) is 6.92 Å². The van der Waals surface area contributed by atoms with Gasteiger partial charge in [-0.25, -0.2) is 13.8 Å². The van der Waals surface area contributed by atoms with E-state index in [0.717, 1.165) is 0 Å². The third-order valence-electron chi connectivity index (χ3n) is 2.32. The van der Waals surface area contributed by atoms with Crippen LogP contribution in [0.3, 0.4) is 0 Å². The van der Waals surface area contributed by atoms with Crippen LogP contribution < -0.4 is 0 Å². The van der Waals surface area contributed by atoms with Gasteiger partial charge in [0.1, 0.15) is 0 Å². The SMILES string of the molecule is CCOC(=O)Cc1c(F)ncc(C(F)(F)F)c1C(F)F. The van der Waals surface area contributed by atoms with Gasteiger partial charge < -0.3 is 4.74 Å². The molecule has 0 bridgehead atoms. The second-order valence-electron chi connectivity index (χ2n) is 3.64. The van der Waals surface area contributed by atoms with Crippen molar-refractivity contribution in [1.82, 2.24) is 4.98 Å². The Hall–Kier alpha value is -1.80. The van der Waals surface area contributed by atoms with E-state index in [0.29, 0.717) is 0 Å². The zero-order valence-corrected chi connectivity index (χ0v) is 10.1. The average molecular weight is 301 g/mol. The molecule has 0 aliphatic heterocycles. The van der Waals surface area contributed by atoms with Gasteiger partial charge in [-0.3, -0.25) is 4.79 Å². The number of nitrogens with zero attached hydrogens (tertiary/aromatic N) is 1. The van der Waals surface area contributed by atoms with Crippen LogP contribution in [0.1, 0.15) is 30.0 Å². The van der Waals surface area contributed by atoms with E-state index in [4.69, 9.17) is 0 Å². The topological polar surface area (TPSA) is 39.2 Å². The quantitative estimate of drug-likeness (QED) is 0.487. The van der Waals surface area contributed by atoms with Gasteiger partial charge >= 0.3 is 12.1 Å². The van der Waals surface area contributed by atoms with Crippen LogP contribution in [-0.2, 0) is 22.1 Å². The number of hydrogen-bond acceptors (Lipinski definition) is 3. The zero-order chi connectivity index (χ0) is 15.5. The van der Waals surface area contributed by atoms with E-state index >= 15 is 0 Å². The molecule has 0 saturated carbocycles. The Labute approximate surface area is 109 Å². The van der Waals surface area contributed by atoms with E-state index < -0.39 is 47.6 Å². The summed E-state index contributed by atoms with van der Waals surface area (Å²) in [5, 5.41) is 0. The minimum absolute atomic E-state index is 0.0223. The van der Waals surface area contributed by atoms with Gasteiger partial charge in [0.05, 0.1) is 18.6 Å². The Bertz CT molecular complexity index is 500. The fourth-order valence-corrected chi connectivity index (χ4v) is 1.54. The lowest BCUT2D eigenvalue weighted by Gasteiger charge is -2.16. The van der Waals surface area contributed by atoms with Crippen molar-refractivity contribution < 1.29 is 35.9 Å². The first-order chi connectivity index (χ1) is 9.18. The van der Waals surface area contributed by atoms with Gasteiger partial charge in [0, 0.05) is 17.3 Å². The molecule has 0 aliphatic carbocycles. The molecule has 1 heterocycles. The van der Waals surface area contributed by atoms with Crippen LogP contribution in [0.25, 0.3) is 0 Å². The normalized spacial score (nSPS) is 11.8. The summed E-state index contributed by atoms with van der Waals surface area (Å²) in [5.74, 6) is -2.67. The van der Waals surface area contributed by atoms with Crippen molar-refractivity contribution >= 4 is 5.97 Å². The van der Waals surface area contributed by atoms with Gasteiger partial charge in [-0.2, -0.15) is 17.6 Å². The Morgan fingerprint density at radius 3 is 2.45 bits per heavy atom. The smallest absolute Gasteiger partial charge is 0.418 e. The molecule has 0 fully saturated rings. The first-order valence-corrected chi connectivity index (χ1v) is 5.36. The number of hydrogen-bond donors (Lipinski definition) is 0. The highest BCUT2D eigenvalue weighted by atomic mass is 19.4. The average Bonchev–Trinajstić information content (AvgIpc) is 2.29. The Morgan fingerprint density at radius 1 is 1.40 bits per heavy atom. The van der Waals surface area contributed by atoms with Crippen molar-refractivity contribution in [3.63, 3.8) is 0 Å². The largest absolute Gasteiger partial charge is 0.466 e. The van der Waals surface area contributed by atoms with Crippen molar-refractivity contribution in [3.05, 3.63) is 28.8 Å². The molecule has 0 aromatic carbocycles. The molecule has 0 unspecified atom stereocenters. The molecule has 20 heavy (non-hydrogen) atoms. The number of carbonyl (C=O) groups excluding carboxylic acids is 1. The van der Waals surface area contributed by atoms with E-state index in [9.17, 15) is 31.1 Å². The summed E-state index contributed by atoms with van der Waals surface area (Å²) >= 11 is 0. The lowest BCUT2D eigenvalue weighted by atomic mass is 10.0. The summed E-state index contributed by atoms with van der Waals surface area (Å²) in [6, 6.07) is 0. The van der Waals surface area contributed by atoms with Crippen LogP contribution >= 0.6 is 0 Å². The second-order valence-corrected chi connectivity index (χ2v) is 3.64. The zero-order valence-electron chi connectivity index (χ0n) is 10.1. The summed E-state index contributed by atoms with van der Waals surface area (Å²) in [5.41, 5.74) is -4.46. The molecule has 1 aromatic rings. The van der Waals surface area contributed by atoms with Crippen LogP contribution in [0, 0.1) is 5.95 Å². The summed E-state index contributed by atoms with van der Waals surface area (Å²) in [6.07, 6.45) is -9.80. The van der Waals surface area contributed by atoms with Crippen molar-refractivity contribution in [2.45, 2.75) is 25.9 Å². The number of alkyl halides is 5. The number of carbonyl (C=O) groups is 1. The molecule has 0 atom stereocenters. The molecule has 0 spiro atoms. The van der Waals surface area contributed by atoms with Crippen molar-refractivity contribution in [3.8, 4) is 0 Å². The van der Waals surface area contributed by atoms with E-state index in [-0.39, 0.29) is 12.8 Å². The van der Waals surface area contributed by atoms with E-state index in [1.807, 2.05) is 0 Å². The number of pyridine rings is 1. The second kappa shape index (κ2) is 6.10. The molecule has 3 nitrogen and oxygen atoms in total. The molecule has 1 aromatic heterocycles. The first kappa shape index (κ1) is 16.3. The van der Waals surface area contributed by atoms with Crippen LogP contribution in [0.2, 0.25) is 0 Å². The third kappa shape index (κ3) is 3.61. The van der Waals surface area contributed by atoms with Crippen LogP contribution in [0.4, 0.5) is 26.3 Å². The molecule has 9 heteroatoms. The van der Waals surface area contributed by atoms with Gasteiger partial charge in [-0.1, -0.05) is 0 Å². The minimum atomic E-state index is -5.13. The van der Waals surface area contributed by atoms with Crippen molar-refractivity contribution in [2.75, 3.05) is 6.61 Å². The van der Waals surface area contributed by atoms with Gasteiger partial charge in [-0.05, 0) is 6.92 Å². The summed E-state index contributed by atoms with van der Waals surface area (Å²) in [4.78, 5) is 13.9. The molecular formula is C11H9F6NO2. The molecule has 0 aliphatic rings. The molecular weight excluding hydrogens is 292 g/mol. The van der Waals surface area contributed by atoms with E-state index in [1.54, 1.807) is 0 Å². The predicted molar refractivity (Wildman–Crippen MR) is 54.5 cm³/mol. The molecule has 0 amide bonds. The maximum absolute atomic E-state index is 13.4. The standard InChI is InChI=1S/C11H9F6NO2/c1-2-20-7(19)3-5-8(9(12)13)6(11(15,16)17)4-18-10(5)14/h4,9H,2-3H2,1H3. The highest BCUT2D eigenvalue weighted by molar-refractivity contribution is 5.73. The molecule has 1 rings (SSSR count). The lowest BCUT2D eigenvalue weighted by molar-refractivity contribution is -0.143. The van der Waals surface area contributed by atoms with Gasteiger partial charge in [0.25, 0.3) is 6.43 Å². The van der Waals surface area contributed by atoms with Crippen LogP contribution in [0.15, 0.2) is 6.20 Å². The Balaban J connectivity index is 3.37. The lowest BCUT2D eigenvalue weighted by Crippen LogP contribution is -2.18. The molecule has 0 radical (unpaired) electrons. The van der Waals surface area contributed by atoms with Crippen molar-refractivity contribution in [1.29, 1.82) is 0 Å². The Kier molecular flexibility index (Phi) is 4.96. The number of halogens is 6. The van der Waals surface area contributed by atoms with Gasteiger partial charge in [0.15, 0.2) is 0 Å². The van der Waals surface area contributed by atoms with Gasteiger partial charge in [-0.15, -0.1) is 0 Å². The summed E-state index contributed by atoms with van der Waals surface area (Å²) < 4.78 is 81.1. The number of rotatable bonds is 4. The fourth-order valence-electron chi connectivity index (χ4n) is 1.54. The molecule has 112 valence electrons. The summed E-state index contributed by atoms with van der Waals surface area (Å²) in [6.45, 7) is 1.30. The van der Waals surface area contributed by atoms with Crippen LogP contribution in [0.5, 0.6) is 0 Å². The van der Waals surface area contributed by atoms with Crippen LogP contribution in [-0.4, -0.2) is 17.6 Å². The van der Waals surface area contributed by atoms with E-state index in [2.05, 4.69) is 9.72 Å². The highest BCUT2D eigenvalue weighted by Crippen LogP contribution is 2.38. The summed E-state index contributed by atoms with van der Waals surface area (Å²) in [7, 11) is 0. The monoisotopic (exact) mass is 301 g/mol. The van der Waals surface area contributed by atoms with Crippen molar-refractivity contribution in [2.24, 2.45) is 0 Å². The first-order valence-electron chi connectivity index (χ1n) is 5.36. The maximum Gasteiger partial charge on any atom is 0.418 e. The number of esters is 1. The maximum atomic E-state index is 13.4. The van der Waals surface area contributed by atoms with Gasteiger partial charge in [0.2, 0.25) is 5.95 Å². The molecule has 0 saturated heterocycles. The molecule has 0 N–H and O–H groups in total. The Morgan fingerprint density at radius 2 is 2.00 bits per heavy atom. The minimum Gasteiger partial charge on any atom is -0.466 e. The predicted octanol–water partition coefficient (Wildman–Crippen LogP) is 3.28. The highest BCUT2D eigenvalue weighted by Gasteiger charge is 2.39. The third-order valence-corrected chi connectivity index (χ3v) is 2.32. The fraction of sp³-hybridized carbons (Fsp3) is 0.455.